The van der Waals surface area contributed by atoms with Gasteiger partial charge in [0.25, 0.3) is 0 Å². The smallest absolute Gasteiger partial charge is 0.341 e. The standard InChI is InChI=1S/C22H38O6/c1-3-4-5-12-15-20(28-19(2)23)16-13-10-8-6-7-9-11-14-17-22(26)27-18-21(24)25/h10,13,20H,3-9,11-12,14-18H2,1-2H3,(H,24,25)/b13-10-. The molecule has 0 aliphatic heterocycles. The third-order valence-electron chi connectivity index (χ3n) is 4.39. The summed E-state index contributed by atoms with van der Waals surface area (Å²) < 4.78 is 9.97. The third-order valence-corrected chi connectivity index (χ3v) is 4.39. The van der Waals surface area contributed by atoms with Crippen LogP contribution in [-0.2, 0) is 23.9 Å². The molecule has 0 radical (unpaired) electrons. The van der Waals surface area contributed by atoms with Crippen molar-refractivity contribution in [3.05, 3.63) is 12.2 Å². The van der Waals surface area contributed by atoms with E-state index in [-0.39, 0.29) is 18.5 Å². The molecule has 0 fully saturated rings. The molecule has 6 heteroatoms. The van der Waals surface area contributed by atoms with Crippen molar-refractivity contribution in [1.29, 1.82) is 0 Å². The average molecular weight is 399 g/mol. The number of hydrogen-bond acceptors (Lipinski definition) is 5. The zero-order chi connectivity index (χ0) is 21.0. The molecule has 0 aromatic heterocycles. The number of allylic oxidation sites excluding steroid dienone is 1. The highest BCUT2D eigenvalue weighted by atomic mass is 16.6. The molecular weight excluding hydrogens is 360 g/mol. The summed E-state index contributed by atoms with van der Waals surface area (Å²) in [4.78, 5) is 32.7. The number of esters is 2. The highest BCUT2D eigenvalue weighted by molar-refractivity contribution is 5.75. The number of hydrogen-bond donors (Lipinski definition) is 1. The monoisotopic (exact) mass is 398 g/mol. The first-order valence-corrected chi connectivity index (χ1v) is 10.6. The van der Waals surface area contributed by atoms with Gasteiger partial charge in [-0.2, -0.15) is 0 Å². The van der Waals surface area contributed by atoms with Gasteiger partial charge in [0.15, 0.2) is 6.61 Å². The minimum atomic E-state index is -1.13. The van der Waals surface area contributed by atoms with Crippen LogP contribution in [0.15, 0.2) is 12.2 Å². The fraction of sp³-hybridized carbons (Fsp3) is 0.773. The number of carboxylic acid groups (broad SMARTS) is 1. The second kappa shape index (κ2) is 18.5. The van der Waals surface area contributed by atoms with Crippen LogP contribution in [0.25, 0.3) is 0 Å². The molecule has 0 amide bonds. The predicted molar refractivity (Wildman–Crippen MR) is 109 cm³/mol. The maximum Gasteiger partial charge on any atom is 0.341 e. The number of rotatable bonds is 18. The van der Waals surface area contributed by atoms with Gasteiger partial charge in [-0.05, 0) is 32.1 Å². The van der Waals surface area contributed by atoms with E-state index < -0.39 is 18.5 Å². The zero-order valence-electron chi connectivity index (χ0n) is 17.6. The minimum absolute atomic E-state index is 0.00788. The van der Waals surface area contributed by atoms with E-state index in [0.29, 0.717) is 0 Å². The fourth-order valence-corrected chi connectivity index (χ4v) is 2.90. The van der Waals surface area contributed by atoms with Gasteiger partial charge in [0.1, 0.15) is 6.10 Å². The number of aliphatic carboxylic acids is 1. The zero-order valence-corrected chi connectivity index (χ0v) is 17.6. The highest BCUT2D eigenvalue weighted by Gasteiger charge is 2.09. The van der Waals surface area contributed by atoms with Gasteiger partial charge < -0.3 is 14.6 Å². The summed E-state index contributed by atoms with van der Waals surface area (Å²) in [6.07, 6.45) is 16.9. The topological polar surface area (TPSA) is 89.9 Å². The van der Waals surface area contributed by atoms with Crippen molar-refractivity contribution in [2.45, 2.75) is 103 Å². The second-order valence-electron chi connectivity index (χ2n) is 7.15. The molecule has 0 aromatic carbocycles. The van der Waals surface area contributed by atoms with Crippen molar-refractivity contribution in [2.24, 2.45) is 0 Å². The fourth-order valence-electron chi connectivity index (χ4n) is 2.90. The molecule has 0 saturated heterocycles. The Balaban J connectivity index is 3.68. The van der Waals surface area contributed by atoms with Crippen LogP contribution in [0.1, 0.15) is 97.3 Å². The number of ether oxygens (including phenoxy) is 2. The van der Waals surface area contributed by atoms with E-state index in [9.17, 15) is 14.4 Å². The van der Waals surface area contributed by atoms with E-state index in [4.69, 9.17) is 9.84 Å². The summed E-state index contributed by atoms with van der Waals surface area (Å²) >= 11 is 0. The number of carbonyl (C=O) groups excluding carboxylic acids is 2. The van der Waals surface area contributed by atoms with Crippen molar-refractivity contribution in [3.63, 3.8) is 0 Å². The Morgan fingerprint density at radius 1 is 0.929 bits per heavy atom. The third kappa shape index (κ3) is 18.9. The summed E-state index contributed by atoms with van der Waals surface area (Å²) in [5.41, 5.74) is 0. The Labute approximate surface area is 169 Å². The molecule has 0 aromatic rings. The van der Waals surface area contributed by atoms with E-state index in [1.165, 1.54) is 26.2 Å². The molecule has 162 valence electrons. The van der Waals surface area contributed by atoms with E-state index in [1.807, 2.05) is 0 Å². The van der Waals surface area contributed by atoms with Gasteiger partial charge in [-0.3, -0.25) is 9.59 Å². The molecule has 0 saturated carbocycles. The first kappa shape index (κ1) is 26.1. The normalized spacial score (nSPS) is 12.1. The molecule has 0 heterocycles. The molecule has 0 rings (SSSR count). The molecule has 0 spiro atoms. The van der Waals surface area contributed by atoms with Crippen LogP contribution in [0.4, 0.5) is 0 Å². The minimum Gasteiger partial charge on any atom is -0.479 e. The molecule has 6 nitrogen and oxygen atoms in total. The molecule has 0 bridgehead atoms. The Hall–Kier alpha value is -1.85. The summed E-state index contributed by atoms with van der Waals surface area (Å²) in [5.74, 6) is -1.78. The Morgan fingerprint density at radius 3 is 2.29 bits per heavy atom. The molecule has 0 aliphatic carbocycles. The molecule has 1 atom stereocenters. The average Bonchev–Trinajstić information content (AvgIpc) is 2.64. The lowest BCUT2D eigenvalue weighted by molar-refractivity contribution is -0.155. The Morgan fingerprint density at radius 2 is 1.61 bits per heavy atom. The van der Waals surface area contributed by atoms with Crippen LogP contribution >= 0.6 is 0 Å². The second-order valence-corrected chi connectivity index (χ2v) is 7.15. The van der Waals surface area contributed by atoms with Gasteiger partial charge in [0.05, 0.1) is 0 Å². The van der Waals surface area contributed by atoms with Gasteiger partial charge in [-0.15, -0.1) is 0 Å². The van der Waals surface area contributed by atoms with Gasteiger partial charge >= 0.3 is 17.9 Å². The van der Waals surface area contributed by atoms with E-state index in [2.05, 4.69) is 23.8 Å². The Kier molecular flexibility index (Phi) is 17.3. The molecule has 0 aliphatic rings. The lowest BCUT2D eigenvalue weighted by atomic mass is 10.1. The largest absolute Gasteiger partial charge is 0.479 e. The number of unbranched alkanes of at least 4 members (excludes halogenated alkanes) is 8. The molecular formula is C22H38O6. The predicted octanol–water partition coefficient (Wildman–Crippen LogP) is 5.19. The van der Waals surface area contributed by atoms with Crippen molar-refractivity contribution in [1.82, 2.24) is 0 Å². The molecule has 1 unspecified atom stereocenters. The maximum atomic E-state index is 11.2. The Bertz CT molecular complexity index is 458. The van der Waals surface area contributed by atoms with Crippen LogP contribution in [0, 0.1) is 0 Å². The van der Waals surface area contributed by atoms with Gasteiger partial charge in [0.2, 0.25) is 0 Å². The van der Waals surface area contributed by atoms with Crippen LogP contribution in [0.5, 0.6) is 0 Å². The van der Waals surface area contributed by atoms with Crippen molar-refractivity contribution in [2.75, 3.05) is 6.61 Å². The maximum absolute atomic E-state index is 11.2. The van der Waals surface area contributed by atoms with Gasteiger partial charge in [-0.25, -0.2) is 4.79 Å². The highest BCUT2D eigenvalue weighted by Crippen LogP contribution is 2.13. The summed E-state index contributed by atoms with van der Waals surface area (Å²) in [6, 6.07) is 0. The lowest BCUT2D eigenvalue weighted by Crippen LogP contribution is -2.15. The number of carboxylic acids is 1. The first-order valence-electron chi connectivity index (χ1n) is 10.6. The van der Waals surface area contributed by atoms with Crippen molar-refractivity contribution < 1.29 is 29.0 Å². The van der Waals surface area contributed by atoms with Crippen LogP contribution in [0.3, 0.4) is 0 Å². The van der Waals surface area contributed by atoms with Crippen LogP contribution < -0.4 is 0 Å². The lowest BCUT2D eigenvalue weighted by Gasteiger charge is -2.15. The quantitative estimate of drug-likeness (QED) is 0.194. The molecule has 1 N–H and O–H groups in total. The van der Waals surface area contributed by atoms with E-state index >= 15 is 0 Å². The van der Waals surface area contributed by atoms with Crippen LogP contribution in [0.2, 0.25) is 0 Å². The van der Waals surface area contributed by atoms with E-state index in [1.54, 1.807) is 0 Å². The molecule has 28 heavy (non-hydrogen) atoms. The summed E-state index contributed by atoms with van der Waals surface area (Å²) in [5, 5.41) is 8.41. The van der Waals surface area contributed by atoms with E-state index in [0.717, 1.165) is 57.8 Å². The van der Waals surface area contributed by atoms with Crippen molar-refractivity contribution >= 4 is 17.9 Å². The van der Waals surface area contributed by atoms with Gasteiger partial charge in [0, 0.05) is 19.8 Å². The SMILES string of the molecule is CCCCCCC(C/C=C\CCCCCCCC(=O)OCC(=O)O)OC(C)=O. The first-order chi connectivity index (χ1) is 13.5. The number of carbonyl (C=O) groups is 3. The summed E-state index contributed by atoms with van der Waals surface area (Å²) in [7, 11) is 0. The van der Waals surface area contributed by atoms with Crippen molar-refractivity contribution in [3.8, 4) is 0 Å². The van der Waals surface area contributed by atoms with Crippen LogP contribution in [-0.4, -0.2) is 35.7 Å². The van der Waals surface area contributed by atoms with Gasteiger partial charge in [-0.1, -0.05) is 57.6 Å². The summed E-state index contributed by atoms with van der Waals surface area (Å²) in [6.45, 7) is 3.10.